The standard InChI is InChI=1S/C34H38N4O5S/c1-22-12-14-26(23(2)18-22)38-34-31(32(36-38)24-10-7-6-8-11-24)33(25-13-15-27(42-4)28(19-25)43-5)44-21-30(40)37(34)20-29(39)35-16-9-17-41-3/h6-8,10-15,18-19,33H,9,16-17,20-21H2,1-5H3,(H,35,39)/t33-/m0/s1. The fourth-order valence-corrected chi connectivity index (χ4v) is 6.65. The second kappa shape index (κ2) is 14.0. The fourth-order valence-electron chi connectivity index (χ4n) is 5.46. The van der Waals surface area contributed by atoms with Crippen LogP contribution in [-0.2, 0) is 14.3 Å². The number of nitrogens with zero attached hydrogens (tertiary/aromatic N) is 3. The molecule has 5 rings (SSSR count). The van der Waals surface area contributed by atoms with Gasteiger partial charge in [-0.15, -0.1) is 11.8 Å². The molecule has 1 N–H and O–H groups in total. The van der Waals surface area contributed by atoms with E-state index >= 15 is 0 Å². The number of hydrogen-bond donors (Lipinski definition) is 1. The van der Waals surface area contributed by atoms with Crippen molar-refractivity contribution in [2.24, 2.45) is 0 Å². The van der Waals surface area contributed by atoms with Gasteiger partial charge in [0.25, 0.3) is 0 Å². The summed E-state index contributed by atoms with van der Waals surface area (Å²) in [4.78, 5) is 28.8. The van der Waals surface area contributed by atoms with E-state index in [9.17, 15) is 9.59 Å². The zero-order valence-corrected chi connectivity index (χ0v) is 26.6. The molecule has 0 aliphatic carbocycles. The average molecular weight is 615 g/mol. The first-order valence-corrected chi connectivity index (χ1v) is 15.6. The molecule has 4 aromatic rings. The monoisotopic (exact) mass is 614 g/mol. The lowest BCUT2D eigenvalue weighted by atomic mass is 9.99. The molecule has 9 nitrogen and oxygen atoms in total. The van der Waals surface area contributed by atoms with Crippen LogP contribution in [0.15, 0.2) is 66.7 Å². The highest BCUT2D eigenvalue weighted by atomic mass is 32.2. The Bertz CT molecular complexity index is 1640. The smallest absolute Gasteiger partial charge is 0.240 e. The highest BCUT2D eigenvalue weighted by Crippen LogP contribution is 2.49. The molecular formula is C34H38N4O5S. The number of methoxy groups -OCH3 is 3. The lowest BCUT2D eigenvalue weighted by Crippen LogP contribution is -2.42. The Hall–Kier alpha value is -4.28. The molecule has 10 heteroatoms. The van der Waals surface area contributed by atoms with Crippen molar-refractivity contribution in [3.63, 3.8) is 0 Å². The van der Waals surface area contributed by atoms with E-state index in [1.807, 2.05) is 79.2 Å². The van der Waals surface area contributed by atoms with Gasteiger partial charge in [0.1, 0.15) is 12.4 Å². The molecule has 2 amide bonds. The maximum absolute atomic E-state index is 14.0. The number of anilines is 1. The van der Waals surface area contributed by atoms with Crippen LogP contribution in [-0.4, -0.2) is 68.4 Å². The summed E-state index contributed by atoms with van der Waals surface area (Å²) in [7, 11) is 4.84. The lowest BCUT2D eigenvalue weighted by Gasteiger charge is -2.24. The number of aromatic nitrogens is 2. The summed E-state index contributed by atoms with van der Waals surface area (Å²) < 4.78 is 18.1. The van der Waals surface area contributed by atoms with Crippen LogP contribution in [0.5, 0.6) is 11.5 Å². The predicted octanol–water partition coefficient (Wildman–Crippen LogP) is 5.50. The summed E-state index contributed by atoms with van der Waals surface area (Å²) in [5.74, 6) is 1.55. The van der Waals surface area contributed by atoms with Gasteiger partial charge in [-0.05, 0) is 49.6 Å². The number of fused-ring (bicyclic) bond motifs is 1. The van der Waals surface area contributed by atoms with Crippen molar-refractivity contribution in [2.45, 2.75) is 25.5 Å². The summed E-state index contributed by atoms with van der Waals surface area (Å²) in [6.45, 7) is 4.93. The van der Waals surface area contributed by atoms with E-state index in [-0.39, 0.29) is 29.4 Å². The van der Waals surface area contributed by atoms with Crippen LogP contribution in [0.1, 0.15) is 33.9 Å². The minimum atomic E-state index is -0.293. The SMILES string of the molecule is COCCCNC(=O)CN1C(=O)CS[C@@H](c2ccc(OC)c(OC)c2)c2c(-c3ccccc3)nn(-c3ccc(C)cc3C)c21. The Morgan fingerprint density at radius 3 is 2.48 bits per heavy atom. The topological polar surface area (TPSA) is 94.9 Å². The van der Waals surface area contributed by atoms with Crippen molar-refractivity contribution in [1.82, 2.24) is 15.1 Å². The van der Waals surface area contributed by atoms with Gasteiger partial charge in [-0.3, -0.25) is 14.5 Å². The number of amides is 2. The molecule has 1 aliphatic heterocycles. The average Bonchev–Trinajstić information content (AvgIpc) is 3.35. The van der Waals surface area contributed by atoms with E-state index in [0.717, 1.165) is 39.2 Å². The van der Waals surface area contributed by atoms with Gasteiger partial charge in [-0.2, -0.15) is 5.10 Å². The van der Waals surface area contributed by atoms with Crippen molar-refractivity contribution < 1.29 is 23.8 Å². The maximum Gasteiger partial charge on any atom is 0.240 e. The van der Waals surface area contributed by atoms with Crippen LogP contribution in [0, 0.1) is 13.8 Å². The van der Waals surface area contributed by atoms with Gasteiger partial charge >= 0.3 is 0 Å². The molecule has 0 spiro atoms. The number of thioether (sulfide) groups is 1. The summed E-state index contributed by atoms with van der Waals surface area (Å²) in [6, 6.07) is 21.9. The van der Waals surface area contributed by atoms with Crippen LogP contribution in [0.3, 0.4) is 0 Å². The molecule has 1 aliphatic rings. The normalized spacial score (nSPS) is 14.6. The summed E-state index contributed by atoms with van der Waals surface area (Å²) in [6.07, 6.45) is 0.678. The van der Waals surface area contributed by atoms with E-state index in [4.69, 9.17) is 19.3 Å². The van der Waals surface area contributed by atoms with Crippen molar-refractivity contribution in [3.05, 3.63) is 89.0 Å². The Kier molecular flexibility index (Phi) is 9.92. The molecule has 0 unspecified atom stereocenters. The highest BCUT2D eigenvalue weighted by Gasteiger charge is 2.38. The molecule has 1 atom stereocenters. The number of aryl methyl sites for hydroxylation is 2. The van der Waals surface area contributed by atoms with Gasteiger partial charge in [-0.25, -0.2) is 4.68 Å². The van der Waals surface area contributed by atoms with E-state index in [1.54, 1.807) is 26.2 Å². The van der Waals surface area contributed by atoms with Crippen LogP contribution in [0.25, 0.3) is 16.9 Å². The predicted molar refractivity (Wildman–Crippen MR) is 174 cm³/mol. The van der Waals surface area contributed by atoms with Gasteiger partial charge in [0.2, 0.25) is 11.8 Å². The highest BCUT2D eigenvalue weighted by molar-refractivity contribution is 8.00. The minimum absolute atomic E-state index is 0.136. The van der Waals surface area contributed by atoms with Crippen molar-refractivity contribution >= 4 is 29.4 Å². The molecule has 44 heavy (non-hydrogen) atoms. The molecule has 0 saturated heterocycles. The Labute approximate surface area is 262 Å². The van der Waals surface area contributed by atoms with Crippen molar-refractivity contribution in [3.8, 4) is 28.4 Å². The minimum Gasteiger partial charge on any atom is -0.493 e. The molecule has 230 valence electrons. The molecule has 1 aromatic heterocycles. The molecule has 0 saturated carbocycles. The third-order valence-corrected chi connectivity index (χ3v) is 8.83. The molecule has 0 radical (unpaired) electrons. The first-order valence-electron chi connectivity index (χ1n) is 14.5. The molecule has 0 bridgehead atoms. The number of rotatable bonds is 11. The van der Waals surface area contributed by atoms with Crippen LogP contribution in [0.2, 0.25) is 0 Å². The Balaban J connectivity index is 1.75. The number of ether oxygens (including phenoxy) is 3. The van der Waals surface area contributed by atoms with Crippen LogP contribution in [0.4, 0.5) is 5.82 Å². The van der Waals surface area contributed by atoms with Crippen LogP contribution >= 0.6 is 11.8 Å². The van der Waals surface area contributed by atoms with E-state index in [2.05, 4.69) is 11.4 Å². The lowest BCUT2D eigenvalue weighted by molar-refractivity contribution is -0.122. The number of carbonyl (C=O) groups is 2. The third kappa shape index (κ3) is 6.46. The number of benzene rings is 3. The molecule has 3 aromatic carbocycles. The van der Waals surface area contributed by atoms with Crippen molar-refractivity contribution in [1.29, 1.82) is 0 Å². The van der Waals surface area contributed by atoms with Crippen molar-refractivity contribution in [2.75, 3.05) is 51.7 Å². The Morgan fingerprint density at radius 2 is 1.77 bits per heavy atom. The van der Waals surface area contributed by atoms with Gasteiger partial charge in [0, 0.05) is 31.4 Å². The number of nitrogens with one attached hydrogen (secondary N) is 1. The summed E-state index contributed by atoms with van der Waals surface area (Å²) in [5, 5.41) is 7.85. The number of hydrogen-bond acceptors (Lipinski definition) is 7. The van der Waals surface area contributed by atoms with Gasteiger partial charge < -0.3 is 19.5 Å². The summed E-state index contributed by atoms with van der Waals surface area (Å²) >= 11 is 1.51. The van der Waals surface area contributed by atoms with Crippen LogP contribution < -0.4 is 19.7 Å². The fraction of sp³-hybridized carbons (Fsp3) is 0.324. The van der Waals surface area contributed by atoms with Gasteiger partial charge in [-0.1, -0.05) is 54.1 Å². The Morgan fingerprint density at radius 1 is 1.00 bits per heavy atom. The van der Waals surface area contributed by atoms with Gasteiger partial charge in [0.15, 0.2) is 11.5 Å². The second-order valence-corrected chi connectivity index (χ2v) is 11.7. The zero-order chi connectivity index (χ0) is 31.2. The summed E-state index contributed by atoms with van der Waals surface area (Å²) in [5.41, 5.74) is 6.41. The third-order valence-electron chi connectivity index (χ3n) is 7.58. The quantitative estimate of drug-likeness (QED) is 0.223. The second-order valence-electron chi connectivity index (χ2n) is 10.6. The molecular weight excluding hydrogens is 576 g/mol. The maximum atomic E-state index is 14.0. The van der Waals surface area contributed by atoms with E-state index in [0.29, 0.717) is 36.9 Å². The first-order chi connectivity index (χ1) is 21.4. The van der Waals surface area contributed by atoms with Gasteiger partial charge in [0.05, 0.1) is 36.6 Å². The van der Waals surface area contributed by atoms with E-state index in [1.165, 1.54) is 11.8 Å². The number of carbonyl (C=O) groups excluding carboxylic acids is 2. The molecule has 0 fully saturated rings. The largest absolute Gasteiger partial charge is 0.493 e. The molecule has 2 heterocycles. The zero-order valence-electron chi connectivity index (χ0n) is 25.8. The van der Waals surface area contributed by atoms with E-state index < -0.39 is 0 Å². The first kappa shape index (κ1) is 31.2.